The van der Waals surface area contributed by atoms with Crippen LogP contribution in [0.1, 0.15) is 73.3 Å². The van der Waals surface area contributed by atoms with Gasteiger partial charge in [0.25, 0.3) is 0 Å². The molecule has 0 saturated heterocycles. The molecule has 0 spiro atoms. The molecule has 0 aliphatic heterocycles. The van der Waals surface area contributed by atoms with Gasteiger partial charge in [0.15, 0.2) is 0 Å². The fourth-order valence-electron chi connectivity index (χ4n) is 2.25. The summed E-state index contributed by atoms with van der Waals surface area (Å²) in [5, 5.41) is 10.2. The van der Waals surface area contributed by atoms with Gasteiger partial charge in [-0.25, -0.2) is 0 Å². The summed E-state index contributed by atoms with van der Waals surface area (Å²) in [6, 6.07) is 8.54. The van der Waals surface area contributed by atoms with Crippen LogP contribution in [0.25, 0.3) is 0 Å². The molecule has 27 heavy (non-hydrogen) atoms. The summed E-state index contributed by atoms with van der Waals surface area (Å²) in [7, 11) is 1.00. The fourth-order valence-corrected chi connectivity index (χ4v) is 2.25. The largest absolute Gasteiger partial charge is 0.493 e. The van der Waals surface area contributed by atoms with Crippen molar-refractivity contribution in [3.63, 3.8) is 0 Å². The zero-order valence-corrected chi connectivity index (χ0v) is 18.3. The lowest BCUT2D eigenvalue weighted by atomic mass is 9.92. The zero-order valence-electron chi connectivity index (χ0n) is 18.3. The topological polar surface area (TPSA) is 41.5 Å². The SMILES string of the molecule is C=CN[C@H](C)c1cccc(OCC2CC2)c1.CC/C=C/CC(C)(C)C.CO.[HH]. The van der Waals surface area contributed by atoms with Crippen molar-refractivity contribution in [2.24, 2.45) is 11.3 Å². The molecule has 0 bridgehead atoms. The van der Waals surface area contributed by atoms with E-state index >= 15 is 0 Å². The molecule has 0 amide bonds. The molecule has 1 fully saturated rings. The Morgan fingerprint density at radius 2 is 1.96 bits per heavy atom. The van der Waals surface area contributed by atoms with Crippen molar-refractivity contribution in [2.45, 2.75) is 66.3 Å². The van der Waals surface area contributed by atoms with Gasteiger partial charge < -0.3 is 15.2 Å². The molecule has 1 saturated carbocycles. The highest BCUT2D eigenvalue weighted by Gasteiger charge is 2.21. The first-order valence-corrected chi connectivity index (χ1v) is 10.0. The molecule has 2 rings (SSSR count). The first-order chi connectivity index (χ1) is 12.9. The number of benzene rings is 1. The van der Waals surface area contributed by atoms with Gasteiger partial charge in [-0.2, -0.15) is 0 Å². The standard InChI is InChI=1S/C14H19NO.C9H18.CH4O.H2/c1-3-15-11(2)13-5-4-6-14(9-13)16-10-12-7-8-12;1-5-6-7-8-9(2,3)4;1-2;/h3-6,9,11-12,15H,1,7-8,10H2,2H3;6-7H,5,8H2,1-4H3;2H,1H3;1H/b;7-6+;;/t11-;;;/m1.../s1. The van der Waals surface area contributed by atoms with E-state index in [0.29, 0.717) is 5.41 Å². The van der Waals surface area contributed by atoms with E-state index in [1.54, 1.807) is 6.20 Å². The maximum absolute atomic E-state index is 7.00. The minimum absolute atomic E-state index is 0. The average Bonchev–Trinajstić information content (AvgIpc) is 3.46. The maximum atomic E-state index is 7.00. The highest BCUT2D eigenvalue weighted by Crippen LogP contribution is 2.30. The van der Waals surface area contributed by atoms with Gasteiger partial charge in [0.1, 0.15) is 5.75 Å². The molecule has 0 radical (unpaired) electrons. The second-order valence-electron chi connectivity index (χ2n) is 8.06. The lowest BCUT2D eigenvalue weighted by Gasteiger charge is -2.14. The Labute approximate surface area is 169 Å². The van der Waals surface area contributed by atoms with Crippen LogP contribution in [0.3, 0.4) is 0 Å². The molecule has 1 aromatic rings. The van der Waals surface area contributed by atoms with Crippen LogP contribution in [0.4, 0.5) is 0 Å². The van der Waals surface area contributed by atoms with Gasteiger partial charge in [-0.05, 0) is 67.8 Å². The summed E-state index contributed by atoms with van der Waals surface area (Å²) < 4.78 is 5.75. The maximum Gasteiger partial charge on any atom is 0.119 e. The van der Waals surface area contributed by atoms with Gasteiger partial charge >= 0.3 is 0 Å². The van der Waals surface area contributed by atoms with Crippen molar-refractivity contribution in [3.8, 4) is 5.75 Å². The van der Waals surface area contributed by atoms with Gasteiger partial charge in [-0.1, -0.05) is 58.6 Å². The van der Waals surface area contributed by atoms with Gasteiger partial charge in [-0.3, -0.25) is 0 Å². The lowest BCUT2D eigenvalue weighted by Crippen LogP contribution is -2.11. The van der Waals surface area contributed by atoms with Crippen molar-refractivity contribution >= 4 is 0 Å². The van der Waals surface area contributed by atoms with Crippen LogP contribution in [0, 0.1) is 11.3 Å². The molecule has 1 aliphatic carbocycles. The molecule has 0 aromatic heterocycles. The molecule has 156 valence electrons. The van der Waals surface area contributed by atoms with Gasteiger partial charge in [0.2, 0.25) is 0 Å². The average molecular weight is 378 g/mol. The number of hydrogen-bond acceptors (Lipinski definition) is 3. The molecular formula is C24H43NO2. The van der Waals surface area contributed by atoms with Crippen molar-refractivity contribution < 1.29 is 11.3 Å². The van der Waals surface area contributed by atoms with E-state index < -0.39 is 0 Å². The molecule has 0 unspecified atom stereocenters. The number of rotatable bonds is 8. The van der Waals surface area contributed by atoms with Gasteiger partial charge in [-0.15, -0.1) is 0 Å². The Balaban J connectivity index is 0. The lowest BCUT2D eigenvalue weighted by molar-refractivity contribution is 0.299. The number of ether oxygens (including phenoxy) is 1. The minimum Gasteiger partial charge on any atom is -0.493 e. The third kappa shape index (κ3) is 14.0. The first kappa shape index (κ1) is 25.3. The van der Waals surface area contributed by atoms with Crippen LogP contribution in [0.15, 0.2) is 49.2 Å². The van der Waals surface area contributed by atoms with E-state index in [2.05, 4.69) is 70.8 Å². The monoisotopic (exact) mass is 377 g/mol. The molecular weight excluding hydrogens is 334 g/mol. The molecule has 2 N–H and O–H groups in total. The highest BCUT2D eigenvalue weighted by molar-refractivity contribution is 5.30. The van der Waals surface area contributed by atoms with E-state index in [4.69, 9.17) is 9.84 Å². The summed E-state index contributed by atoms with van der Waals surface area (Å²) in [6.07, 6.45) is 11.2. The normalized spacial score (nSPS) is 14.3. The Kier molecular flexibility index (Phi) is 13.4. The summed E-state index contributed by atoms with van der Waals surface area (Å²) >= 11 is 0. The number of aliphatic hydroxyl groups is 1. The molecule has 0 heterocycles. The zero-order chi connectivity index (χ0) is 20.7. The summed E-state index contributed by atoms with van der Waals surface area (Å²) in [4.78, 5) is 0. The van der Waals surface area contributed by atoms with Crippen LogP contribution in [0.2, 0.25) is 0 Å². The third-order valence-corrected chi connectivity index (χ3v) is 4.04. The van der Waals surface area contributed by atoms with E-state index in [1.165, 1.54) is 24.8 Å². The predicted molar refractivity (Wildman–Crippen MR) is 120 cm³/mol. The highest BCUT2D eigenvalue weighted by atomic mass is 16.5. The number of aliphatic hydroxyl groups excluding tert-OH is 1. The van der Waals surface area contributed by atoms with Crippen LogP contribution in [0.5, 0.6) is 5.75 Å². The first-order valence-electron chi connectivity index (χ1n) is 10.0. The van der Waals surface area contributed by atoms with Gasteiger partial charge in [0.05, 0.1) is 6.61 Å². The van der Waals surface area contributed by atoms with Crippen molar-refractivity contribution in [3.05, 3.63) is 54.8 Å². The fraction of sp³-hybridized carbons (Fsp3) is 0.583. The third-order valence-electron chi connectivity index (χ3n) is 4.04. The van der Waals surface area contributed by atoms with Crippen molar-refractivity contribution in [2.75, 3.05) is 13.7 Å². The quantitative estimate of drug-likeness (QED) is 0.507. The molecule has 3 heteroatoms. The van der Waals surface area contributed by atoms with Crippen LogP contribution >= 0.6 is 0 Å². The van der Waals surface area contributed by atoms with Crippen LogP contribution in [-0.4, -0.2) is 18.8 Å². The molecule has 1 atom stereocenters. The Bertz CT molecular complexity index is 534. The Morgan fingerprint density at radius 1 is 1.30 bits per heavy atom. The summed E-state index contributed by atoms with van der Waals surface area (Å²) in [5.41, 5.74) is 1.69. The smallest absolute Gasteiger partial charge is 0.119 e. The minimum atomic E-state index is 0. The van der Waals surface area contributed by atoms with Crippen molar-refractivity contribution in [1.82, 2.24) is 5.32 Å². The number of allylic oxidation sites excluding steroid dienone is 2. The summed E-state index contributed by atoms with van der Waals surface area (Å²) in [6.45, 7) is 15.6. The van der Waals surface area contributed by atoms with Crippen LogP contribution in [-0.2, 0) is 0 Å². The second kappa shape index (κ2) is 14.3. The van der Waals surface area contributed by atoms with Gasteiger partial charge in [0, 0.05) is 14.6 Å². The predicted octanol–water partition coefficient (Wildman–Crippen LogP) is 6.51. The molecule has 3 nitrogen and oxygen atoms in total. The summed E-state index contributed by atoms with van der Waals surface area (Å²) in [5.74, 6) is 1.77. The Morgan fingerprint density at radius 3 is 2.48 bits per heavy atom. The number of nitrogens with one attached hydrogen (secondary N) is 1. The Hall–Kier alpha value is -1.74. The van der Waals surface area contributed by atoms with E-state index in [0.717, 1.165) is 31.8 Å². The molecule has 1 aromatic carbocycles. The van der Waals surface area contributed by atoms with Crippen molar-refractivity contribution in [1.29, 1.82) is 0 Å². The van der Waals surface area contributed by atoms with E-state index in [1.807, 2.05) is 12.1 Å². The molecule has 1 aliphatic rings. The number of hydrogen-bond donors (Lipinski definition) is 2. The second-order valence-corrected chi connectivity index (χ2v) is 8.06. The van der Waals surface area contributed by atoms with E-state index in [9.17, 15) is 0 Å². The van der Waals surface area contributed by atoms with E-state index in [-0.39, 0.29) is 7.47 Å². The van der Waals surface area contributed by atoms with Crippen LogP contribution < -0.4 is 10.1 Å².